The van der Waals surface area contributed by atoms with Gasteiger partial charge < -0.3 is 35.7 Å². The van der Waals surface area contributed by atoms with Crippen molar-refractivity contribution in [3.63, 3.8) is 0 Å². The molecule has 191 valence electrons. The van der Waals surface area contributed by atoms with Gasteiger partial charge in [0.2, 0.25) is 0 Å². The Morgan fingerprint density at radius 1 is 0.541 bits per heavy atom. The van der Waals surface area contributed by atoms with E-state index in [0.29, 0.717) is 25.7 Å². The molecule has 0 aliphatic heterocycles. The van der Waals surface area contributed by atoms with E-state index in [1.54, 1.807) is 0 Å². The van der Waals surface area contributed by atoms with E-state index in [-0.39, 0.29) is 333 Å². The Labute approximate surface area is 472 Å². The molecular formula is C23H36Ac7O7. The maximum atomic E-state index is 10.9. The van der Waals surface area contributed by atoms with Crippen LogP contribution in [0.3, 0.4) is 0 Å². The van der Waals surface area contributed by atoms with Crippen LogP contribution in [0.25, 0.3) is 0 Å². The smallest absolute Gasteiger partial charge is 0.106 e. The van der Waals surface area contributed by atoms with Crippen molar-refractivity contribution in [2.24, 2.45) is 29.6 Å². The summed E-state index contributed by atoms with van der Waals surface area (Å²) in [5.74, 6) is -1.79. The quantitative estimate of drug-likeness (QED) is 0.199. The molecule has 7 nitrogen and oxygen atoms in total. The zero-order chi connectivity index (χ0) is 21.8. The van der Waals surface area contributed by atoms with Gasteiger partial charge in [-0.3, -0.25) is 0 Å². The number of aliphatic hydroxyl groups is 7. The van der Waals surface area contributed by atoms with Crippen molar-refractivity contribution in [2.45, 2.75) is 62.6 Å². The number of aliphatic hydroxyl groups excluding tert-OH is 7. The molecule has 7 radical (unpaired) electrons. The van der Waals surface area contributed by atoms with Crippen molar-refractivity contribution in [1.29, 1.82) is 0 Å². The van der Waals surface area contributed by atoms with Crippen LogP contribution in [0.15, 0.2) is 30.3 Å². The van der Waals surface area contributed by atoms with Crippen LogP contribution in [0.4, 0.5) is 0 Å². The summed E-state index contributed by atoms with van der Waals surface area (Å²) in [7, 11) is 0. The Hall–Kier alpha value is 9.03. The van der Waals surface area contributed by atoms with E-state index in [2.05, 4.69) is 0 Å². The van der Waals surface area contributed by atoms with E-state index >= 15 is 0 Å². The summed E-state index contributed by atoms with van der Waals surface area (Å²) >= 11 is 0. The van der Waals surface area contributed by atoms with E-state index in [1.165, 1.54) is 0 Å². The Kier molecular flexibility index (Phi) is 44.8. The SMILES string of the molecule is OCC1CC(CC2C(CO)CC(CCc3ccccc3)C(O)C2O)C(O)C(O)C1O.[Ac].[Ac].[Ac].[Ac].[Ac].[Ac].[Ac]. The van der Waals surface area contributed by atoms with Crippen molar-refractivity contribution in [3.8, 4) is 0 Å². The van der Waals surface area contributed by atoms with Gasteiger partial charge in [-0.05, 0) is 61.3 Å². The normalized spacial score (nSPS) is 34.2. The predicted octanol–water partition coefficient (Wildman–Crippen LogP) is -0.313. The maximum Gasteiger partial charge on any atom is 0.106 e. The van der Waals surface area contributed by atoms with Crippen molar-refractivity contribution in [2.75, 3.05) is 13.2 Å². The molecule has 2 aliphatic rings. The first-order valence-electron chi connectivity index (χ1n) is 11.0. The second-order valence-corrected chi connectivity index (χ2v) is 9.25. The molecule has 10 atom stereocenters. The predicted molar refractivity (Wildman–Crippen MR) is 110 cm³/mol. The average Bonchev–Trinajstić information content (AvgIpc) is 2.77. The van der Waals surface area contributed by atoms with Gasteiger partial charge in [-0.1, -0.05) is 30.3 Å². The number of aryl methyl sites for hydroxylation is 1. The summed E-state index contributed by atoms with van der Waals surface area (Å²) in [4.78, 5) is 0. The molecule has 2 saturated carbocycles. The molecule has 0 amide bonds. The number of hydrogen-bond donors (Lipinski definition) is 7. The van der Waals surface area contributed by atoms with Crippen LogP contribution in [0.2, 0.25) is 0 Å². The van der Waals surface area contributed by atoms with Gasteiger partial charge in [0.05, 0.1) is 24.4 Å². The van der Waals surface area contributed by atoms with E-state index in [0.717, 1.165) is 12.0 Å². The fourth-order valence-corrected chi connectivity index (χ4v) is 5.54. The maximum absolute atomic E-state index is 10.9. The van der Waals surface area contributed by atoms with Gasteiger partial charge in [-0.2, -0.15) is 0 Å². The standard InChI is InChI=1S/C23H36O7.7Ac/c24-11-16-8-14(7-6-13-4-2-1-3-5-13)19(26)22(29)18(16)10-15-9-17(12-25)21(28)23(30)20(15)27;;;;;;;/h1-5,14-30H,6-12H2;;;;;;;. The van der Waals surface area contributed by atoms with Gasteiger partial charge in [0.1, 0.15) is 6.10 Å². The Morgan fingerprint density at radius 3 is 1.51 bits per heavy atom. The third-order valence-electron chi connectivity index (χ3n) is 7.44. The van der Waals surface area contributed by atoms with Crippen LogP contribution in [0, 0.1) is 338 Å². The Balaban J connectivity index is -0.000000488. The molecule has 7 N–H and O–H groups in total. The van der Waals surface area contributed by atoms with E-state index < -0.39 is 48.3 Å². The van der Waals surface area contributed by atoms with Crippen LogP contribution in [0.5, 0.6) is 0 Å². The topological polar surface area (TPSA) is 142 Å². The minimum absolute atomic E-state index is 0. The number of rotatable bonds is 7. The zero-order valence-electron chi connectivity index (χ0n) is 21.3. The first-order valence-corrected chi connectivity index (χ1v) is 11.0. The Bertz CT molecular complexity index is 664. The molecule has 37 heavy (non-hydrogen) atoms. The minimum atomic E-state index is -1.36. The second-order valence-electron chi connectivity index (χ2n) is 9.25. The third-order valence-corrected chi connectivity index (χ3v) is 7.44. The van der Waals surface area contributed by atoms with Gasteiger partial charge in [0.25, 0.3) is 0 Å². The summed E-state index contributed by atoms with van der Waals surface area (Å²) in [6.45, 7) is -0.435. The van der Waals surface area contributed by atoms with Crippen LogP contribution < -0.4 is 0 Å². The largest absolute Gasteiger partial charge is 0.396 e. The molecule has 0 saturated heterocycles. The molecule has 3 rings (SSSR count). The molecule has 14 heteroatoms. The van der Waals surface area contributed by atoms with Gasteiger partial charge in [0.15, 0.2) is 0 Å². The van der Waals surface area contributed by atoms with Gasteiger partial charge in [-0.25, -0.2) is 0 Å². The molecule has 2 aliphatic carbocycles. The summed E-state index contributed by atoms with van der Waals surface area (Å²) in [6.07, 6.45) is -3.03. The van der Waals surface area contributed by atoms with Crippen LogP contribution >= 0.6 is 0 Å². The summed E-state index contributed by atoms with van der Waals surface area (Å²) in [6, 6.07) is 9.94. The number of benzene rings is 1. The minimum Gasteiger partial charge on any atom is -0.396 e. The first-order chi connectivity index (χ1) is 14.4. The third kappa shape index (κ3) is 17.0. The second kappa shape index (κ2) is 29.9. The first kappa shape index (κ1) is 55.4. The van der Waals surface area contributed by atoms with Crippen molar-refractivity contribution >= 4 is 0 Å². The van der Waals surface area contributed by atoms with Gasteiger partial charge in [0, 0.05) is 328 Å². The fraction of sp³-hybridized carbons (Fsp3) is 0.739. The molecular weight excluding hydrogens is 1980 g/mol. The Morgan fingerprint density at radius 2 is 1.00 bits per heavy atom. The van der Waals surface area contributed by atoms with E-state index in [1.807, 2.05) is 30.3 Å². The summed E-state index contributed by atoms with van der Waals surface area (Å²) in [5, 5.41) is 71.7. The number of hydrogen-bond acceptors (Lipinski definition) is 7. The summed E-state index contributed by atoms with van der Waals surface area (Å²) < 4.78 is 0. The van der Waals surface area contributed by atoms with Crippen molar-refractivity contribution in [1.82, 2.24) is 0 Å². The van der Waals surface area contributed by atoms with Crippen LogP contribution in [-0.2, 0) is 6.42 Å². The van der Waals surface area contributed by atoms with Gasteiger partial charge in [-0.15, -0.1) is 0 Å². The van der Waals surface area contributed by atoms with Crippen LogP contribution in [-0.4, -0.2) is 79.5 Å². The molecule has 0 bridgehead atoms. The monoisotopic (exact) mass is 2010 g/mol. The fourth-order valence-electron chi connectivity index (χ4n) is 5.54. The molecule has 10 unspecified atom stereocenters. The van der Waals surface area contributed by atoms with E-state index in [4.69, 9.17) is 0 Å². The summed E-state index contributed by atoms with van der Waals surface area (Å²) in [5.41, 5.74) is 1.16. The molecule has 0 aromatic heterocycles. The van der Waals surface area contributed by atoms with Crippen molar-refractivity contribution < 1.29 is 344 Å². The van der Waals surface area contributed by atoms with E-state index in [9.17, 15) is 35.7 Å². The van der Waals surface area contributed by atoms with Gasteiger partial charge >= 0.3 is 0 Å². The van der Waals surface area contributed by atoms with Crippen LogP contribution in [0.1, 0.15) is 31.2 Å². The molecule has 1 aromatic carbocycles. The molecule has 2 fully saturated rings. The average molecular weight is 2010 g/mol. The molecule has 1 aromatic rings. The zero-order valence-corrected chi connectivity index (χ0v) is 54.5. The van der Waals surface area contributed by atoms with Crippen molar-refractivity contribution in [3.05, 3.63) is 35.9 Å². The molecule has 0 heterocycles. The molecule has 0 spiro atoms.